The summed E-state index contributed by atoms with van der Waals surface area (Å²) < 4.78 is 5.68. The Morgan fingerprint density at radius 3 is 2.78 bits per heavy atom. The molecule has 3 nitrogen and oxygen atoms in total. The zero-order valence-corrected chi connectivity index (χ0v) is 12.0. The molecule has 0 bridgehead atoms. The highest BCUT2D eigenvalue weighted by molar-refractivity contribution is 6.35. The van der Waals surface area contributed by atoms with E-state index in [0.29, 0.717) is 16.6 Å². The number of rotatable bonds is 4. The smallest absolute Gasteiger partial charge is 0.0826 e. The molecule has 1 atom stereocenters. The summed E-state index contributed by atoms with van der Waals surface area (Å²) in [5, 5.41) is 4.76. The van der Waals surface area contributed by atoms with Gasteiger partial charge in [0.25, 0.3) is 0 Å². The third-order valence-electron chi connectivity index (χ3n) is 3.08. The van der Waals surface area contributed by atoms with Crippen molar-refractivity contribution in [1.29, 1.82) is 0 Å². The van der Waals surface area contributed by atoms with Gasteiger partial charge < -0.3 is 15.0 Å². The molecule has 100 valence electrons. The van der Waals surface area contributed by atoms with E-state index in [2.05, 4.69) is 17.3 Å². The first-order valence-electron chi connectivity index (χ1n) is 6.10. The summed E-state index contributed by atoms with van der Waals surface area (Å²) in [4.78, 5) is 2.28. The van der Waals surface area contributed by atoms with Crippen LogP contribution in [0.1, 0.15) is 5.56 Å². The van der Waals surface area contributed by atoms with Gasteiger partial charge in [0.1, 0.15) is 0 Å². The fourth-order valence-electron chi connectivity index (χ4n) is 2.05. The topological polar surface area (TPSA) is 24.5 Å². The number of likely N-dealkylation sites (N-methyl/N-ethyl adjacent to an activating group) is 1. The minimum atomic E-state index is 0.241. The van der Waals surface area contributed by atoms with E-state index in [-0.39, 0.29) is 6.10 Å². The number of halogens is 2. The number of nitrogens with zero attached hydrogens (tertiary/aromatic N) is 1. The Bertz CT molecular complexity index is 380. The predicted octanol–water partition coefficient (Wildman–Crippen LogP) is 2.41. The van der Waals surface area contributed by atoms with Crippen molar-refractivity contribution in [1.82, 2.24) is 10.2 Å². The van der Waals surface area contributed by atoms with Crippen LogP contribution in [0.3, 0.4) is 0 Å². The molecular weight excluding hydrogens is 271 g/mol. The first kappa shape index (κ1) is 14.1. The Kier molecular flexibility index (Phi) is 5.27. The van der Waals surface area contributed by atoms with Gasteiger partial charge in [-0.15, -0.1) is 0 Å². The number of ether oxygens (including phenoxy) is 1. The molecule has 1 fully saturated rings. The van der Waals surface area contributed by atoms with Crippen molar-refractivity contribution in [3.63, 3.8) is 0 Å². The van der Waals surface area contributed by atoms with Crippen LogP contribution in [0, 0.1) is 0 Å². The summed E-state index contributed by atoms with van der Waals surface area (Å²) in [5.41, 5.74) is 0.949. The molecule has 1 aromatic rings. The molecule has 0 saturated carbocycles. The molecule has 5 heteroatoms. The lowest BCUT2D eigenvalue weighted by Gasteiger charge is -2.30. The summed E-state index contributed by atoms with van der Waals surface area (Å²) >= 11 is 12.2. The average molecular weight is 289 g/mol. The van der Waals surface area contributed by atoms with Gasteiger partial charge in [-0.1, -0.05) is 29.3 Å². The van der Waals surface area contributed by atoms with Crippen LogP contribution >= 0.6 is 23.2 Å². The highest BCUT2D eigenvalue weighted by Gasteiger charge is 2.17. The minimum absolute atomic E-state index is 0.241. The van der Waals surface area contributed by atoms with E-state index in [4.69, 9.17) is 27.9 Å². The van der Waals surface area contributed by atoms with Crippen LogP contribution in [0.25, 0.3) is 0 Å². The van der Waals surface area contributed by atoms with Gasteiger partial charge in [0.05, 0.1) is 12.7 Å². The number of nitrogens with one attached hydrogen (secondary N) is 1. The summed E-state index contributed by atoms with van der Waals surface area (Å²) in [6.45, 7) is 4.25. The third-order valence-corrected chi connectivity index (χ3v) is 3.79. The fraction of sp³-hybridized carbons (Fsp3) is 0.538. The van der Waals surface area contributed by atoms with E-state index in [1.807, 2.05) is 18.2 Å². The monoisotopic (exact) mass is 288 g/mol. The van der Waals surface area contributed by atoms with E-state index >= 15 is 0 Å². The Hall–Kier alpha value is -0.320. The second-order valence-corrected chi connectivity index (χ2v) is 5.40. The number of benzene rings is 1. The quantitative estimate of drug-likeness (QED) is 0.921. The summed E-state index contributed by atoms with van der Waals surface area (Å²) in [5.74, 6) is 0. The number of hydrogen-bond acceptors (Lipinski definition) is 3. The van der Waals surface area contributed by atoms with E-state index < -0.39 is 0 Å². The lowest BCUT2D eigenvalue weighted by atomic mass is 10.2. The fourth-order valence-corrected chi connectivity index (χ4v) is 2.58. The maximum Gasteiger partial charge on any atom is 0.0826 e. The molecule has 2 rings (SSSR count). The van der Waals surface area contributed by atoms with Crippen molar-refractivity contribution in [2.45, 2.75) is 12.6 Å². The van der Waals surface area contributed by atoms with E-state index in [1.54, 1.807) is 0 Å². The largest absolute Gasteiger partial charge is 0.374 e. The van der Waals surface area contributed by atoms with Crippen molar-refractivity contribution in [3.8, 4) is 0 Å². The van der Waals surface area contributed by atoms with Crippen LogP contribution in [-0.2, 0) is 11.3 Å². The first-order valence-corrected chi connectivity index (χ1v) is 6.86. The molecule has 1 heterocycles. The van der Waals surface area contributed by atoms with Crippen LogP contribution in [0.5, 0.6) is 0 Å². The van der Waals surface area contributed by atoms with Gasteiger partial charge in [0.2, 0.25) is 0 Å². The van der Waals surface area contributed by atoms with Crippen LogP contribution in [0.2, 0.25) is 10.0 Å². The van der Waals surface area contributed by atoms with Crippen molar-refractivity contribution in [3.05, 3.63) is 33.8 Å². The zero-order chi connectivity index (χ0) is 13.0. The summed E-state index contributed by atoms with van der Waals surface area (Å²) in [6.07, 6.45) is 0.241. The van der Waals surface area contributed by atoms with Crippen LogP contribution in [-0.4, -0.2) is 44.3 Å². The van der Waals surface area contributed by atoms with Gasteiger partial charge in [0, 0.05) is 41.8 Å². The molecule has 1 aromatic carbocycles. The normalized spacial score (nSPS) is 21.2. The SMILES string of the molecule is CN1CCOC(CNCc2c(Cl)cccc2Cl)C1. The van der Waals surface area contributed by atoms with Crippen molar-refractivity contribution in [2.75, 3.05) is 33.3 Å². The molecular formula is C13H18Cl2N2O. The second-order valence-electron chi connectivity index (χ2n) is 4.59. The first-order chi connectivity index (χ1) is 8.66. The highest BCUT2D eigenvalue weighted by atomic mass is 35.5. The van der Waals surface area contributed by atoms with Crippen LogP contribution in [0.4, 0.5) is 0 Å². The van der Waals surface area contributed by atoms with Crippen LogP contribution < -0.4 is 5.32 Å². The Morgan fingerprint density at radius 1 is 1.39 bits per heavy atom. The lowest BCUT2D eigenvalue weighted by molar-refractivity contribution is -0.0182. The van der Waals surface area contributed by atoms with E-state index in [0.717, 1.165) is 31.8 Å². The Morgan fingerprint density at radius 2 is 2.11 bits per heavy atom. The van der Waals surface area contributed by atoms with Gasteiger partial charge in [-0.25, -0.2) is 0 Å². The molecule has 0 amide bonds. The number of morpholine rings is 1. The standard InChI is InChI=1S/C13H18Cl2N2O/c1-17-5-6-18-10(9-17)7-16-8-11-12(14)3-2-4-13(11)15/h2-4,10,16H,5-9H2,1H3. The van der Waals surface area contributed by atoms with Crippen molar-refractivity contribution >= 4 is 23.2 Å². The molecule has 0 aliphatic carbocycles. The predicted molar refractivity (Wildman–Crippen MR) is 75.4 cm³/mol. The Balaban J connectivity index is 1.81. The van der Waals surface area contributed by atoms with E-state index in [1.165, 1.54) is 0 Å². The van der Waals surface area contributed by atoms with Gasteiger partial charge in [0.15, 0.2) is 0 Å². The molecule has 1 aliphatic rings. The minimum Gasteiger partial charge on any atom is -0.374 e. The molecule has 1 unspecified atom stereocenters. The van der Waals surface area contributed by atoms with Crippen molar-refractivity contribution in [2.24, 2.45) is 0 Å². The Labute approximate surface area is 118 Å². The molecule has 0 aromatic heterocycles. The summed E-state index contributed by atoms with van der Waals surface area (Å²) in [7, 11) is 2.11. The molecule has 1 N–H and O–H groups in total. The average Bonchev–Trinajstić information content (AvgIpc) is 2.33. The van der Waals surface area contributed by atoms with Crippen LogP contribution in [0.15, 0.2) is 18.2 Å². The van der Waals surface area contributed by atoms with Gasteiger partial charge in [-0.05, 0) is 19.2 Å². The number of hydrogen-bond donors (Lipinski definition) is 1. The molecule has 1 saturated heterocycles. The zero-order valence-electron chi connectivity index (χ0n) is 10.5. The highest BCUT2D eigenvalue weighted by Crippen LogP contribution is 2.23. The molecule has 1 aliphatic heterocycles. The maximum atomic E-state index is 6.11. The summed E-state index contributed by atoms with van der Waals surface area (Å²) in [6, 6.07) is 5.57. The molecule has 0 spiro atoms. The van der Waals surface area contributed by atoms with Gasteiger partial charge >= 0.3 is 0 Å². The third kappa shape index (κ3) is 3.84. The van der Waals surface area contributed by atoms with Crippen molar-refractivity contribution < 1.29 is 4.74 Å². The second kappa shape index (κ2) is 6.73. The molecule has 18 heavy (non-hydrogen) atoms. The van der Waals surface area contributed by atoms with Gasteiger partial charge in [-0.3, -0.25) is 0 Å². The lowest BCUT2D eigenvalue weighted by Crippen LogP contribution is -2.44. The molecule has 0 radical (unpaired) electrons. The maximum absolute atomic E-state index is 6.11. The van der Waals surface area contributed by atoms with E-state index in [9.17, 15) is 0 Å². The van der Waals surface area contributed by atoms with Gasteiger partial charge in [-0.2, -0.15) is 0 Å².